The molecule has 0 fully saturated rings. The average molecular weight is 447 g/mol. The summed E-state index contributed by atoms with van der Waals surface area (Å²) in [6, 6.07) is 14.2. The van der Waals surface area contributed by atoms with Gasteiger partial charge in [0.05, 0.1) is 17.8 Å². The van der Waals surface area contributed by atoms with Crippen molar-refractivity contribution in [3.63, 3.8) is 0 Å². The summed E-state index contributed by atoms with van der Waals surface area (Å²) in [5, 5.41) is 4.42. The molecule has 0 atom stereocenters. The van der Waals surface area contributed by atoms with E-state index in [1.54, 1.807) is 13.2 Å². The summed E-state index contributed by atoms with van der Waals surface area (Å²) in [6.45, 7) is 0.980. The van der Waals surface area contributed by atoms with Crippen LogP contribution in [0.3, 0.4) is 0 Å². The van der Waals surface area contributed by atoms with Crippen molar-refractivity contribution in [1.29, 1.82) is 0 Å². The van der Waals surface area contributed by atoms with Crippen LogP contribution in [0.15, 0.2) is 65.8 Å². The number of hydrogen-bond acceptors (Lipinski definition) is 4. The first-order chi connectivity index (χ1) is 14.2. The molecule has 1 aromatic heterocycles. The highest BCUT2D eigenvalue weighted by Gasteiger charge is 2.23. The molecule has 0 spiro atoms. The van der Waals surface area contributed by atoms with Crippen LogP contribution >= 0.6 is 11.6 Å². The number of carbonyl (C=O) groups excluding carboxylic acids is 1. The van der Waals surface area contributed by atoms with Gasteiger partial charge in [-0.05, 0) is 23.8 Å². The lowest BCUT2D eigenvalue weighted by Gasteiger charge is -2.18. The fraction of sp³-hybridized carbons (Fsp3) is 0.238. The highest BCUT2D eigenvalue weighted by atomic mass is 35.5. The molecule has 2 aromatic carbocycles. The number of benzene rings is 2. The Balaban J connectivity index is 1.74. The van der Waals surface area contributed by atoms with Crippen molar-refractivity contribution in [2.24, 2.45) is 0 Å². The van der Waals surface area contributed by atoms with Crippen molar-refractivity contribution < 1.29 is 13.2 Å². The van der Waals surface area contributed by atoms with Gasteiger partial charge < -0.3 is 4.90 Å². The number of halogens is 1. The number of nitrogens with zero attached hydrogens (tertiary/aromatic N) is 4. The minimum Gasteiger partial charge on any atom is -0.337 e. The second-order valence-corrected chi connectivity index (χ2v) is 9.65. The SMILES string of the molecule is CN(Cc1cnn(Cc2ccccc2)c1)C(=O)c1ccc(Cl)c(S(=O)(=O)N(C)C)c1. The fourth-order valence-corrected chi connectivity index (χ4v) is 4.34. The summed E-state index contributed by atoms with van der Waals surface area (Å²) in [6.07, 6.45) is 3.61. The Morgan fingerprint density at radius 2 is 1.77 bits per heavy atom. The van der Waals surface area contributed by atoms with Gasteiger partial charge >= 0.3 is 0 Å². The van der Waals surface area contributed by atoms with E-state index in [4.69, 9.17) is 11.6 Å². The molecule has 7 nitrogen and oxygen atoms in total. The Morgan fingerprint density at radius 3 is 2.43 bits per heavy atom. The van der Waals surface area contributed by atoms with E-state index in [2.05, 4.69) is 5.10 Å². The van der Waals surface area contributed by atoms with Crippen LogP contribution in [0.4, 0.5) is 0 Å². The molecule has 0 N–H and O–H groups in total. The van der Waals surface area contributed by atoms with E-state index < -0.39 is 10.0 Å². The largest absolute Gasteiger partial charge is 0.337 e. The normalized spacial score (nSPS) is 11.6. The first-order valence-electron chi connectivity index (χ1n) is 9.21. The van der Waals surface area contributed by atoms with Crippen LogP contribution in [-0.4, -0.2) is 54.5 Å². The van der Waals surface area contributed by atoms with Crippen molar-refractivity contribution in [2.45, 2.75) is 18.0 Å². The van der Waals surface area contributed by atoms with Crippen LogP contribution < -0.4 is 0 Å². The predicted molar refractivity (Wildman–Crippen MR) is 116 cm³/mol. The lowest BCUT2D eigenvalue weighted by atomic mass is 10.2. The van der Waals surface area contributed by atoms with Gasteiger partial charge in [-0.2, -0.15) is 5.10 Å². The van der Waals surface area contributed by atoms with Crippen molar-refractivity contribution in [3.8, 4) is 0 Å². The van der Waals surface area contributed by atoms with Gasteiger partial charge in [0.25, 0.3) is 5.91 Å². The maximum absolute atomic E-state index is 12.9. The van der Waals surface area contributed by atoms with Crippen LogP contribution in [0, 0.1) is 0 Å². The number of hydrogen-bond donors (Lipinski definition) is 0. The number of aromatic nitrogens is 2. The molecule has 0 saturated heterocycles. The van der Waals surface area contributed by atoms with Gasteiger partial charge in [-0.25, -0.2) is 12.7 Å². The molecule has 0 unspecified atom stereocenters. The van der Waals surface area contributed by atoms with E-state index in [1.807, 2.05) is 41.2 Å². The van der Waals surface area contributed by atoms with Gasteiger partial charge in [0, 0.05) is 45.0 Å². The minimum absolute atomic E-state index is 0.0742. The zero-order chi connectivity index (χ0) is 21.9. The van der Waals surface area contributed by atoms with E-state index in [9.17, 15) is 13.2 Å². The summed E-state index contributed by atoms with van der Waals surface area (Å²) in [4.78, 5) is 14.3. The third-order valence-corrected chi connectivity index (χ3v) is 6.87. The number of carbonyl (C=O) groups is 1. The molecule has 1 amide bonds. The highest BCUT2D eigenvalue weighted by molar-refractivity contribution is 7.89. The second kappa shape index (κ2) is 8.99. The molecule has 3 aromatic rings. The Kier molecular flexibility index (Phi) is 6.60. The molecule has 0 bridgehead atoms. The van der Waals surface area contributed by atoms with Crippen LogP contribution in [0.25, 0.3) is 0 Å². The van der Waals surface area contributed by atoms with Crippen LogP contribution in [0.1, 0.15) is 21.5 Å². The molecule has 0 aliphatic heterocycles. The summed E-state index contributed by atoms with van der Waals surface area (Å²) in [5.74, 6) is -0.308. The van der Waals surface area contributed by atoms with E-state index in [0.717, 1.165) is 15.4 Å². The topological polar surface area (TPSA) is 75.5 Å². The van der Waals surface area contributed by atoms with Gasteiger partial charge in [0.2, 0.25) is 10.0 Å². The Morgan fingerprint density at radius 1 is 1.07 bits per heavy atom. The van der Waals surface area contributed by atoms with Gasteiger partial charge in [0.15, 0.2) is 0 Å². The Labute approximate surface area is 181 Å². The predicted octanol–water partition coefficient (Wildman–Crippen LogP) is 3.11. The quantitative estimate of drug-likeness (QED) is 0.558. The third kappa shape index (κ3) is 4.89. The first kappa shape index (κ1) is 22.0. The molecule has 158 valence electrons. The fourth-order valence-electron chi connectivity index (χ4n) is 2.94. The molecule has 0 aliphatic carbocycles. The second-order valence-electron chi connectivity index (χ2n) is 7.13. The summed E-state index contributed by atoms with van der Waals surface area (Å²) < 4.78 is 27.8. The number of rotatable bonds is 7. The number of sulfonamides is 1. The Hall–Kier alpha value is -2.68. The maximum Gasteiger partial charge on any atom is 0.253 e. The van der Waals surface area contributed by atoms with Gasteiger partial charge in [-0.3, -0.25) is 9.48 Å². The van der Waals surface area contributed by atoms with Gasteiger partial charge in [0.1, 0.15) is 4.90 Å². The molecule has 9 heteroatoms. The lowest BCUT2D eigenvalue weighted by molar-refractivity contribution is 0.0785. The molecule has 3 rings (SSSR count). The zero-order valence-corrected chi connectivity index (χ0v) is 18.6. The van der Waals surface area contributed by atoms with E-state index in [0.29, 0.717) is 13.1 Å². The summed E-state index contributed by atoms with van der Waals surface area (Å²) >= 11 is 6.07. The average Bonchev–Trinajstić information content (AvgIpc) is 3.14. The molecule has 0 radical (unpaired) electrons. The zero-order valence-electron chi connectivity index (χ0n) is 17.0. The maximum atomic E-state index is 12.9. The van der Waals surface area contributed by atoms with Crippen molar-refractivity contribution in [2.75, 3.05) is 21.1 Å². The molecule has 0 saturated carbocycles. The van der Waals surface area contributed by atoms with Crippen LogP contribution in [-0.2, 0) is 23.1 Å². The van der Waals surface area contributed by atoms with Crippen molar-refractivity contribution in [3.05, 3.63) is 82.6 Å². The minimum atomic E-state index is -3.76. The third-order valence-electron chi connectivity index (χ3n) is 4.58. The molecule has 30 heavy (non-hydrogen) atoms. The van der Waals surface area contributed by atoms with E-state index in [-0.39, 0.29) is 21.4 Å². The van der Waals surface area contributed by atoms with Crippen LogP contribution in [0.2, 0.25) is 5.02 Å². The van der Waals surface area contributed by atoms with Crippen LogP contribution in [0.5, 0.6) is 0 Å². The molecule has 0 aliphatic rings. The summed E-state index contributed by atoms with van der Waals surface area (Å²) in [7, 11) is 0.733. The van der Waals surface area contributed by atoms with Crippen molar-refractivity contribution in [1.82, 2.24) is 19.0 Å². The molecule has 1 heterocycles. The highest BCUT2D eigenvalue weighted by Crippen LogP contribution is 2.25. The molecular formula is C21H23ClN4O3S. The molecular weight excluding hydrogens is 424 g/mol. The van der Waals surface area contributed by atoms with Crippen molar-refractivity contribution >= 4 is 27.5 Å². The summed E-state index contributed by atoms with van der Waals surface area (Å²) in [5.41, 5.74) is 2.25. The lowest BCUT2D eigenvalue weighted by Crippen LogP contribution is -2.27. The smallest absolute Gasteiger partial charge is 0.253 e. The van der Waals surface area contributed by atoms with Gasteiger partial charge in [-0.1, -0.05) is 41.9 Å². The van der Waals surface area contributed by atoms with Gasteiger partial charge in [-0.15, -0.1) is 0 Å². The van der Waals surface area contributed by atoms with E-state index >= 15 is 0 Å². The Bertz CT molecular complexity index is 1140. The first-order valence-corrected chi connectivity index (χ1v) is 11.0. The van der Waals surface area contributed by atoms with E-state index in [1.165, 1.54) is 37.2 Å². The standard InChI is InChI=1S/C21H23ClN4O3S/c1-24(2)30(28,29)20-11-18(9-10-19(20)22)21(27)25(3)13-17-12-23-26(15-17)14-16-7-5-4-6-8-16/h4-12,15H,13-14H2,1-3H3. The monoisotopic (exact) mass is 446 g/mol. The number of amides is 1.